The molecule has 1 aliphatic rings. The molecule has 2 atom stereocenters. The standard InChI is InChI=1S/C18H28N2O6Si/c1-18(2,3)27(4,5)25-11-13-7-8-14(26-13)20-10-12(6-9-15(21)22)16(23)19-17(20)24/h7-8,10,13-14H,6,9,11H2,1-5H3,(H,21,22)(H,19,23,24)/t13-,14+/m0/s1. The van der Waals surface area contributed by atoms with E-state index in [2.05, 4.69) is 38.8 Å². The van der Waals surface area contributed by atoms with Gasteiger partial charge in [-0.15, -0.1) is 0 Å². The molecule has 2 N–H and O–H groups in total. The largest absolute Gasteiger partial charge is 0.481 e. The maximum atomic E-state index is 12.1. The number of aliphatic carboxylic acids is 1. The van der Waals surface area contributed by atoms with E-state index in [-0.39, 0.29) is 29.5 Å². The van der Waals surface area contributed by atoms with Gasteiger partial charge in [0.25, 0.3) is 5.56 Å². The monoisotopic (exact) mass is 396 g/mol. The molecule has 0 aromatic carbocycles. The van der Waals surface area contributed by atoms with E-state index < -0.39 is 31.8 Å². The zero-order valence-corrected chi connectivity index (χ0v) is 17.4. The minimum Gasteiger partial charge on any atom is -0.481 e. The van der Waals surface area contributed by atoms with Crippen LogP contribution in [-0.4, -0.2) is 41.7 Å². The average molecular weight is 397 g/mol. The molecule has 27 heavy (non-hydrogen) atoms. The van der Waals surface area contributed by atoms with E-state index in [1.54, 1.807) is 6.08 Å². The van der Waals surface area contributed by atoms with Crippen LogP contribution >= 0.6 is 0 Å². The third-order valence-electron chi connectivity index (χ3n) is 5.14. The number of hydrogen-bond acceptors (Lipinski definition) is 5. The second kappa shape index (κ2) is 7.95. The predicted octanol–water partition coefficient (Wildman–Crippen LogP) is 2.03. The van der Waals surface area contributed by atoms with Crippen LogP contribution in [0.3, 0.4) is 0 Å². The lowest BCUT2D eigenvalue weighted by atomic mass is 10.2. The lowest BCUT2D eigenvalue weighted by Gasteiger charge is -2.36. The molecule has 0 bridgehead atoms. The van der Waals surface area contributed by atoms with Crippen LogP contribution in [-0.2, 0) is 20.4 Å². The van der Waals surface area contributed by atoms with Gasteiger partial charge in [-0.3, -0.25) is 19.1 Å². The molecule has 0 fully saturated rings. The van der Waals surface area contributed by atoms with Gasteiger partial charge in [-0.1, -0.05) is 26.8 Å². The summed E-state index contributed by atoms with van der Waals surface area (Å²) in [6.45, 7) is 11.2. The average Bonchev–Trinajstić information content (AvgIpc) is 2.99. The van der Waals surface area contributed by atoms with Crippen molar-refractivity contribution in [3.63, 3.8) is 0 Å². The molecule has 1 aromatic rings. The molecule has 8 nitrogen and oxygen atoms in total. The van der Waals surface area contributed by atoms with E-state index in [1.165, 1.54) is 10.8 Å². The first-order chi connectivity index (χ1) is 12.4. The van der Waals surface area contributed by atoms with E-state index in [0.29, 0.717) is 6.61 Å². The normalized spacial score (nSPS) is 20.2. The molecule has 0 aliphatic carbocycles. The summed E-state index contributed by atoms with van der Waals surface area (Å²) >= 11 is 0. The summed E-state index contributed by atoms with van der Waals surface area (Å²) in [5.74, 6) is -1.01. The van der Waals surface area contributed by atoms with Crippen molar-refractivity contribution in [2.45, 2.75) is 64.1 Å². The number of nitrogens with one attached hydrogen (secondary N) is 1. The van der Waals surface area contributed by atoms with Gasteiger partial charge >= 0.3 is 11.7 Å². The number of aromatic amines is 1. The highest BCUT2D eigenvalue weighted by atomic mass is 28.4. The van der Waals surface area contributed by atoms with Crippen LogP contribution in [0.4, 0.5) is 0 Å². The molecule has 9 heteroatoms. The molecule has 0 spiro atoms. The summed E-state index contributed by atoms with van der Waals surface area (Å²) in [7, 11) is -1.91. The van der Waals surface area contributed by atoms with Gasteiger partial charge in [0.05, 0.1) is 6.61 Å². The molecule has 1 aliphatic heterocycles. The fourth-order valence-electron chi connectivity index (χ4n) is 2.38. The van der Waals surface area contributed by atoms with Gasteiger partial charge in [-0.25, -0.2) is 4.79 Å². The molecular formula is C18H28N2O6Si. The number of nitrogens with zero attached hydrogens (tertiary/aromatic N) is 1. The Morgan fingerprint density at radius 3 is 2.59 bits per heavy atom. The van der Waals surface area contributed by atoms with Crippen molar-refractivity contribution in [2.24, 2.45) is 0 Å². The molecule has 2 heterocycles. The first-order valence-electron chi connectivity index (χ1n) is 8.94. The van der Waals surface area contributed by atoms with Crippen LogP contribution in [0.15, 0.2) is 27.9 Å². The van der Waals surface area contributed by atoms with Crippen LogP contribution in [0.5, 0.6) is 0 Å². The number of ether oxygens (including phenoxy) is 1. The third-order valence-corrected chi connectivity index (χ3v) is 9.64. The minimum atomic E-state index is -1.91. The molecule has 0 saturated carbocycles. The van der Waals surface area contributed by atoms with E-state index in [4.69, 9.17) is 14.3 Å². The molecule has 0 saturated heterocycles. The van der Waals surface area contributed by atoms with Crippen molar-refractivity contribution in [1.82, 2.24) is 9.55 Å². The third kappa shape index (κ3) is 5.27. The highest BCUT2D eigenvalue weighted by Crippen LogP contribution is 2.37. The van der Waals surface area contributed by atoms with Gasteiger partial charge in [-0.05, 0) is 30.6 Å². The van der Waals surface area contributed by atoms with Gasteiger partial charge in [0.1, 0.15) is 6.10 Å². The van der Waals surface area contributed by atoms with Gasteiger partial charge in [0, 0.05) is 18.2 Å². The number of carboxylic acids is 1. The summed E-state index contributed by atoms with van der Waals surface area (Å²) in [5, 5.41) is 8.88. The molecule has 1 aromatic heterocycles. The highest BCUT2D eigenvalue weighted by Gasteiger charge is 2.38. The van der Waals surface area contributed by atoms with Crippen molar-refractivity contribution in [3.8, 4) is 0 Å². The summed E-state index contributed by atoms with van der Waals surface area (Å²) in [6, 6.07) is 0. The number of carbonyl (C=O) groups is 1. The lowest BCUT2D eigenvalue weighted by molar-refractivity contribution is -0.136. The summed E-state index contributed by atoms with van der Waals surface area (Å²) in [5.41, 5.74) is -0.938. The Morgan fingerprint density at radius 2 is 2.00 bits per heavy atom. The predicted molar refractivity (Wildman–Crippen MR) is 103 cm³/mol. The number of hydrogen-bond donors (Lipinski definition) is 2. The maximum absolute atomic E-state index is 12.1. The van der Waals surface area contributed by atoms with Crippen LogP contribution in [0.2, 0.25) is 18.1 Å². The van der Waals surface area contributed by atoms with Crippen molar-refractivity contribution in [2.75, 3.05) is 6.61 Å². The molecule has 2 rings (SSSR count). The van der Waals surface area contributed by atoms with E-state index >= 15 is 0 Å². The topological polar surface area (TPSA) is 111 Å². The zero-order chi connectivity index (χ0) is 20.4. The Balaban J connectivity index is 2.08. The van der Waals surface area contributed by atoms with E-state index in [1.807, 2.05) is 6.08 Å². The molecule has 0 radical (unpaired) electrons. The number of aromatic nitrogens is 2. The SMILES string of the molecule is CC(C)(C)[Si](C)(C)OC[C@@H]1C=C[C@H](n2cc(CCC(=O)O)c(=O)[nH]c2=O)O1. The molecule has 150 valence electrons. The first-order valence-corrected chi connectivity index (χ1v) is 11.9. The Kier molecular flexibility index (Phi) is 6.28. The van der Waals surface area contributed by atoms with Crippen LogP contribution in [0.1, 0.15) is 39.0 Å². The smallest absolute Gasteiger partial charge is 0.330 e. The number of H-pyrrole nitrogens is 1. The van der Waals surface area contributed by atoms with Crippen molar-refractivity contribution < 1.29 is 19.1 Å². The van der Waals surface area contributed by atoms with Gasteiger partial charge in [0.2, 0.25) is 0 Å². The Labute approximate surface area is 159 Å². The fraction of sp³-hybridized carbons (Fsp3) is 0.611. The molecule has 0 unspecified atom stereocenters. The van der Waals surface area contributed by atoms with Crippen LogP contribution in [0, 0.1) is 0 Å². The van der Waals surface area contributed by atoms with Gasteiger partial charge in [-0.2, -0.15) is 0 Å². The van der Waals surface area contributed by atoms with Crippen molar-refractivity contribution >= 4 is 14.3 Å². The Hall–Kier alpha value is -1.97. The second-order valence-corrected chi connectivity index (χ2v) is 13.0. The minimum absolute atomic E-state index is 0.0410. The lowest BCUT2D eigenvalue weighted by Crippen LogP contribution is -2.42. The zero-order valence-electron chi connectivity index (χ0n) is 16.4. The fourth-order valence-corrected chi connectivity index (χ4v) is 3.40. The van der Waals surface area contributed by atoms with E-state index in [0.717, 1.165) is 0 Å². The molecule has 0 amide bonds. The van der Waals surface area contributed by atoms with Gasteiger partial charge < -0.3 is 14.3 Å². The maximum Gasteiger partial charge on any atom is 0.330 e. The van der Waals surface area contributed by atoms with Crippen molar-refractivity contribution in [3.05, 3.63) is 44.8 Å². The quantitative estimate of drug-likeness (QED) is 0.539. The summed E-state index contributed by atoms with van der Waals surface area (Å²) in [6.07, 6.45) is 3.85. The summed E-state index contributed by atoms with van der Waals surface area (Å²) in [4.78, 5) is 36.9. The van der Waals surface area contributed by atoms with Gasteiger partial charge in [0.15, 0.2) is 14.5 Å². The Morgan fingerprint density at radius 1 is 1.33 bits per heavy atom. The Bertz CT molecular complexity index is 833. The van der Waals surface area contributed by atoms with E-state index in [9.17, 15) is 14.4 Å². The highest BCUT2D eigenvalue weighted by molar-refractivity contribution is 6.74. The molecular weight excluding hydrogens is 368 g/mol. The van der Waals surface area contributed by atoms with Crippen LogP contribution in [0.25, 0.3) is 0 Å². The van der Waals surface area contributed by atoms with Crippen molar-refractivity contribution in [1.29, 1.82) is 0 Å². The second-order valence-electron chi connectivity index (χ2n) is 8.24. The summed E-state index contributed by atoms with van der Waals surface area (Å²) < 4.78 is 13.3. The number of aryl methyl sites for hydroxylation is 1. The number of carboxylic acid groups (broad SMARTS) is 1. The number of rotatable bonds is 7. The first kappa shape index (κ1) is 21.3. The van der Waals surface area contributed by atoms with Crippen LogP contribution < -0.4 is 11.2 Å².